The van der Waals surface area contributed by atoms with Crippen molar-refractivity contribution < 1.29 is 14.3 Å². The van der Waals surface area contributed by atoms with Gasteiger partial charge in [0.05, 0.1) is 36.4 Å². The molecule has 2 aromatic carbocycles. The van der Waals surface area contributed by atoms with E-state index in [1.807, 2.05) is 42.5 Å². The summed E-state index contributed by atoms with van der Waals surface area (Å²) in [5, 5.41) is 0.724. The molecule has 5 nitrogen and oxygen atoms in total. The Hall–Kier alpha value is -1.96. The average Bonchev–Trinajstić information content (AvgIpc) is 3.35. The highest BCUT2D eigenvalue weighted by atomic mass is 79.9. The van der Waals surface area contributed by atoms with Gasteiger partial charge in [0.2, 0.25) is 5.91 Å². The fraction of sp³-hybridized carbons (Fsp3) is 0.333. The van der Waals surface area contributed by atoms with Crippen LogP contribution in [0.2, 0.25) is 0 Å². The first-order valence-corrected chi connectivity index (χ1v) is 10.8. The van der Waals surface area contributed by atoms with Crippen molar-refractivity contribution in [1.82, 2.24) is 4.98 Å². The molecule has 0 spiro atoms. The SMILES string of the molecule is COc1ccc(CC(=O)N(CC2CCCO2)c2nc3ccc(Br)cc3s2)cc1. The van der Waals surface area contributed by atoms with E-state index in [1.165, 1.54) is 11.3 Å². The third-order valence-corrected chi connectivity index (χ3v) is 6.33. The quantitative estimate of drug-likeness (QED) is 0.528. The molecule has 1 aliphatic heterocycles. The summed E-state index contributed by atoms with van der Waals surface area (Å²) < 4.78 is 13.0. The highest BCUT2D eigenvalue weighted by Gasteiger charge is 2.26. The number of thiazole rings is 1. The van der Waals surface area contributed by atoms with Crippen LogP contribution in [-0.4, -0.2) is 37.3 Å². The molecule has 7 heteroatoms. The average molecular weight is 461 g/mol. The first-order chi connectivity index (χ1) is 13.6. The lowest BCUT2D eigenvalue weighted by Gasteiger charge is -2.23. The second kappa shape index (κ2) is 8.59. The van der Waals surface area contributed by atoms with Gasteiger partial charge < -0.3 is 9.47 Å². The number of ether oxygens (including phenoxy) is 2. The van der Waals surface area contributed by atoms with E-state index >= 15 is 0 Å². The smallest absolute Gasteiger partial charge is 0.233 e. The van der Waals surface area contributed by atoms with Gasteiger partial charge >= 0.3 is 0 Å². The summed E-state index contributed by atoms with van der Waals surface area (Å²) in [6.07, 6.45) is 2.40. The second-order valence-corrected chi connectivity index (χ2v) is 8.70. The van der Waals surface area contributed by atoms with E-state index < -0.39 is 0 Å². The molecule has 146 valence electrons. The van der Waals surface area contributed by atoms with Gasteiger partial charge in [0.1, 0.15) is 5.75 Å². The van der Waals surface area contributed by atoms with Gasteiger partial charge in [0.15, 0.2) is 5.13 Å². The Morgan fingerprint density at radius 1 is 1.32 bits per heavy atom. The number of carbonyl (C=O) groups is 1. The molecule has 2 heterocycles. The van der Waals surface area contributed by atoms with Crippen molar-refractivity contribution >= 4 is 48.5 Å². The first kappa shape index (κ1) is 19.4. The molecular weight excluding hydrogens is 440 g/mol. The molecule has 3 aromatic rings. The number of methoxy groups -OCH3 is 1. The Balaban J connectivity index is 1.60. The number of aromatic nitrogens is 1. The zero-order valence-corrected chi connectivity index (χ0v) is 18.0. The standard InChI is InChI=1S/C21H21BrN2O3S/c1-26-16-7-4-14(5-8-16)11-20(25)24(13-17-3-2-10-27-17)21-23-18-9-6-15(22)12-19(18)28-21/h4-9,12,17H,2-3,10-11,13H2,1H3. The largest absolute Gasteiger partial charge is 0.497 e. The second-order valence-electron chi connectivity index (χ2n) is 6.77. The van der Waals surface area contributed by atoms with Crippen LogP contribution in [0.3, 0.4) is 0 Å². The Morgan fingerprint density at radius 3 is 2.86 bits per heavy atom. The normalized spacial score (nSPS) is 16.4. The molecule has 0 aliphatic carbocycles. The van der Waals surface area contributed by atoms with E-state index in [-0.39, 0.29) is 12.0 Å². The van der Waals surface area contributed by atoms with Crippen molar-refractivity contribution in [1.29, 1.82) is 0 Å². The molecule has 1 aliphatic rings. The molecule has 1 unspecified atom stereocenters. The van der Waals surface area contributed by atoms with Crippen molar-refractivity contribution in [2.45, 2.75) is 25.4 Å². The van der Waals surface area contributed by atoms with Gasteiger partial charge in [0.25, 0.3) is 0 Å². The molecule has 1 amide bonds. The maximum Gasteiger partial charge on any atom is 0.233 e. The van der Waals surface area contributed by atoms with Crippen LogP contribution in [0.15, 0.2) is 46.9 Å². The number of rotatable bonds is 6. The summed E-state index contributed by atoms with van der Waals surface area (Å²) in [6.45, 7) is 1.30. The topological polar surface area (TPSA) is 51.7 Å². The number of amides is 1. The molecule has 0 saturated carbocycles. The van der Waals surface area contributed by atoms with E-state index in [9.17, 15) is 4.79 Å². The molecule has 4 rings (SSSR count). The number of benzene rings is 2. The third-order valence-electron chi connectivity index (χ3n) is 4.80. The van der Waals surface area contributed by atoms with Crippen molar-refractivity contribution in [3.8, 4) is 5.75 Å². The maximum absolute atomic E-state index is 13.2. The first-order valence-electron chi connectivity index (χ1n) is 9.23. The highest BCUT2D eigenvalue weighted by Crippen LogP contribution is 2.32. The zero-order valence-electron chi connectivity index (χ0n) is 15.6. The number of fused-ring (bicyclic) bond motifs is 1. The summed E-state index contributed by atoms with van der Waals surface area (Å²) in [4.78, 5) is 19.7. The van der Waals surface area contributed by atoms with Crippen LogP contribution in [0.25, 0.3) is 10.2 Å². The zero-order chi connectivity index (χ0) is 19.5. The van der Waals surface area contributed by atoms with Gasteiger partial charge in [0, 0.05) is 11.1 Å². The van der Waals surface area contributed by atoms with Gasteiger partial charge in [-0.3, -0.25) is 9.69 Å². The molecule has 0 bridgehead atoms. The Labute approximate surface area is 176 Å². The van der Waals surface area contributed by atoms with Gasteiger partial charge in [-0.1, -0.05) is 39.4 Å². The molecule has 0 radical (unpaired) electrons. The van der Waals surface area contributed by atoms with Crippen molar-refractivity contribution in [3.63, 3.8) is 0 Å². The molecule has 1 aromatic heterocycles. The number of halogens is 1. The summed E-state index contributed by atoms with van der Waals surface area (Å²) in [5.41, 5.74) is 1.85. The van der Waals surface area contributed by atoms with E-state index in [0.29, 0.717) is 13.0 Å². The molecular formula is C21H21BrN2O3S. The number of carbonyl (C=O) groups excluding carboxylic acids is 1. The van der Waals surface area contributed by atoms with Crippen LogP contribution < -0.4 is 9.64 Å². The maximum atomic E-state index is 13.2. The minimum atomic E-state index is 0.0267. The van der Waals surface area contributed by atoms with Crippen LogP contribution >= 0.6 is 27.3 Å². The summed E-state index contributed by atoms with van der Waals surface area (Å²) in [6, 6.07) is 13.6. The molecule has 1 fully saturated rings. The van der Waals surface area contributed by atoms with Crippen molar-refractivity contribution in [2.75, 3.05) is 25.2 Å². The minimum Gasteiger partial charge on any atom is -0.497 e. The Morgan fingerprint density at radius 2 is 2.14 bits per heavy atom. The van der Waals surface area contributed by atoms with E-state index in [1.54, 1.807) is 12.0 Å². The van der Waals surface area contributed by atoms with Crippen molar-refractivity contribution in [3.05, 3.63) is 52.5 Å². The van der Waals surface area contributed by atoms with E-state index in [2.05, 4.69) is 15.9 Å². The number of hydrogen-bond acceptors (Lipinski definition) is 5. The van der Waals surface area contributed by atoms with Crippen LogP contribution in [0.5, 0.6) is 5.75 Å². The molecule has 1 atom stereocenters. The fourth-order valence-electron chi connectivity index (χ4n) is 3.29. The fourth-order valence-corrected chi connectivity index (χ4v) is 4.84. The van der Waals surface area contributed by atoms with Gasteiger partial charge in [-0.25, -0.2) is 4.98 Å². The predicted octanol–water partition coefficient (Wildman–Crippen LogP) is 4.82. The van der Waals surface area contributed by atoms with Gasteiger partial charge in [-0.05, 0) is 48.7 Å². The number of hydrogen-bond donors (Lipinski definition) is 0. The molecule has 1 saturated heterocycles. The van der Waals surface area contributed by atoms with Crippen LogP contribution in [0.4, 0.5) is 5.13 Å². The summed E-state index contributed by atoms with van der Waals surface area (Å²) in [7, 11) is 1.63. The van der Waals surface area contributed by atoms with E-state index in [0.717, 1.165) is 50.6 Å². The number of anilines is 1. The van der Waals surface area contributed by atoms with Gasteiger partial charge in [-0.15, -0.1) is 0 Å². The Bertz CT molecular complexity index is 967. The van der Waals surface area contributed by atoms with Gasteiger partial charge in [-0.2, -0.15) is 0 Å². The third kappa shape index (κ3) is 4.37. The number of nitrogens with zero attached hydrogens (tertiary/aromatic N) is 2. The van der Waals surface area contributed by atoms with Crippen LogP contribution in [-0.2, 0) is 16.0 Å². The lowest BCUT2D eigenvalue weighted by Crippen LogP contribution is -2.38. The lowest BCUT2D eigenvalue weighted by atomic mass is 10.1. The van der Waals surface area contributed by atoms with Crippen molar-refractivity contribution in [2.24, 2.45) is 0 Å². The predicted molar refractivity (Wildman–Crippen MR) is 115 cm³/mol. The lowest BCUT2D eigenvalue weighted by molar-refractivity contribution is -0.118. The van der Waals surface area contributed by atoms with E-state index in [4.69, 9.17) is 14.5 Å². The highest BCUT2D eigenvalue weighted by molar-refractivity contribution is 9.10. The monoisotopic (exact) mass is 460 g/mol. The summed E-state index contributed by atoms with van der Waals surface area (Å²) >= 11 is 5.04. The van der Waals surface area contributed by atoms with Crippen LogP contribution in [0, 0.1) is 0 Å². The summed E-state index contributed by atoms with van der Waals surface area (Å²) in [5.74, 6) is 0.808. The van der Waals surface area contributed by atoms with Crippen LogP contribution in [0.1, 0.15) is 18.4 Å². The molecule has 0 N–H and O–H groups in total. The Kier molecular flexibility index (Phi) is 5.94. The minimum absolute atomic E-state index is 0.0267. The molecule has 28 heavy (non-hydrogen) atoms.